The van der Waals surface area contributed by atoms with Crippen LogP contribution in [0.15, 0.2) is 0 Å². The quantitative estimate of drug-likeness (QED) is 0.511. The van der Waals surface area contributed by atoms with E-state index >= 15 is 0 Å². The van der Waals surface area contributed by atoms with E-state index in [-0.39, 0.29) is 18.9 Å². The minimum absolute atomic E-state index is 0.214. The number of carbonyl (C=O) groups is 3. The molecule has 0 aromatic rings. The van der Waals surface area contributed by atoms with Crippen LogP contribution < -0.4 is 10.6 Å². The van der Waals surface area contributed by atoms with Crippen molar-refractivity contribution in [3.63, 3.8) is 0 Å². The maximum absolute atomic E-state index is 11.0. The Bertz CT molecular complexity index is 245. The molecule has 0 saturated heterocycles. The van der Waals surface area contributed by atoms with Gasteiger partial charge in [-0.3, -0.25) is 14.4 Å². The Hall–Kier alpha value is -1.30. The van der Waals surface area contributed by atoms with E-state index in [1.54, 1.807) is 0 Å². The third kappa shape index (κ3) is 9.01. The number of carboxylic acids is 1. The summed E-state index contributed by atoms with van der Waals surface area (Å²) < 4.78 is 0. The molecule has 7 heteroatoms. The normalized spacial score (nSPS) is 9.40. The van der Waals surface area contributed by atoms with Crippen molar-refractivity contribution in [1.82, 2.24) is 10.6 Å². The first-order chi connectivity index (χ1) is 7.06. The number of carboxylic acid groups (broad SMARTS) is 1. The molecule has 0 aliphatic carbocycles. The Morgan fingerprint density at radius 2 is 1.67 bits per heavy atom. The largest absolute Gasteiger partial charge is 0.480 e. The van der Waals surface area contributed by atoms with Gasteiger partial charge in [0.15, 0.2) is 0 Å². The van der Waals surface area contributed by atoms with E-state index in [0.717, 1.165) is 0 Å². The zero-order valence-electron chi connectivity index (χ0n) is 8.09. The molecule has 0 aliphatic rings. The molecule has 2 amide bonds. The molecule has 0 aromatic carbocycles. The van der Waals surface area contributed by atoms with Gasteiger partial charge in [0.2, 0.25) is 11.8 Å². The highest BCUT2D eigenvalue weighted by atomic mass is 35.5. The zero-order chi connectivity index (χ0) is 11.7. The summed E-state index contributed by atoms with van der Waals surface area (Å²) in [6.07, 6.45) is 0.805. The second-order valence-corrected chi connectivity index (χ2v) is 3.12. The number of hydrogen-bond acceptors (Lipinski definition) is 3. The number of carbonyl (C=O) groups excluding carboxylic acids is 2. The van der Waals surface area contributed by atoms with Crippen molar-refractivity contribution in [2.75, 3.05) is 19.0 Å². The van der Waals surface area contributed by atoms with Gasteiger partial charge in [0.05, 0.1) is 6.54 Å². The molecule has 0 aliphatic heterocycles. The fraction of sp³-hybridized carbons (Fsp3) is 0.625. The topological polar surface area (TPSA) is 95.5 Å². The van der Waals surface area contributed by atoms with Crippen molar-refractivity contribution in [3.8, 4) is 0 Å². The smallest absolute Gasteiger partial charge is 0.322 e. The zero-order valence-corrected chi connectivity index (χ0v) is 8.84. The monoisotopic (exact) mass is 236 g/mol. The molecular formula is C8H13ClN2O4. The molecular weight excluding hydrogens is 224 g/mol. The van der Waals surface area contributed by atoms with Gasteiger partial charge in [0.1, 0.15) is 6.54 Å². The molecule has 6 nitrogen and oxygen atoms in total. The van der Waals surface area contributed by atoms with Gasteiger partial charge in [-0.05, 0) is 6.42 Å². The molecule has 0 radical (unpaired) electrons. The van der Waals surface area contributed by atoms with E-state index in [1.165, 1.54) is 0 Å². The van der Waals surface area contributed by atoms with Crippen LogP contribution in [0.3, 0.4) is 0 Å². The van der Waals surface area contributed by atoms with Crippen molar-refractivity contribution < 1.29 is 19.5 Å². The highest BCUT2D eigenvalue weighted by molar-refractivity contribution is 6.17. The summed E-state index contributed by atoms with van der Waals surface area (Å²) in [6, 6.07) is 0. The van der Waals surface area contributed by atoms with Crippen LogP contribution in [-0.4, -0.2) is 41.9 Å². The van der Waals surface area contributed by atoms with Crippen LogP contribution in [0.5, 0.6) is 0 Å². The van der Waals surface area contributed by atoms with Crippen LogP contribution in [0, 0.1) is 0 Å². The van der Waals surface area contributed by atoms with Gasteiger partial charge in [0, 0.05) is 12.3 Å². The number of amides is 2. The summed E-state index contributed by atoms with van der Waals surface area (Å²) >= 11 is 5.37. The Balaban J connectivity index is 3.53. The van der Waals surface area contributed by atoms with Crippen molar-refractivity contribution in [2.45, 2.75) is 12.8 Å². The molecule has 15 heavy (non-hydrogen) atoms. The Morgan fingerprint density at radius 3 is 2.20 bits per heavy atom. The first-order valence-corrected chi connectivity index (χ1v) is 4.91. The minimum atomic E-state index is -1.13. The molecule has 0 fully saturated rings. The van der Waals surface area contributed by atoms with Crippen LogP contribution in [-0.2, 0) is 14.4 Å². The lowest BCUT2D eigenvalue weighted by Crippen LogP contribution is -2.38. The highest BCUT2D eigenvalue weighted by Gasteiger charge is 2.05. The number of aliphatic carboxylic acids is 1. The molecule has 0 saturated carbocycles. The number of alkyl halides is 1. The maximum Gasteiger partial charge on any atom is 0.322 e. The summed E-state index contributed by atoms with van der Waals surface area (Å²) in [5, 5.41) is 12.7. The first-order valence-electron chi connectivity index (χ1n) is 4.37. The van der Waals surface area contributed by atoms with Gasteiger partial charge in [-0.1, -0.05) is 0 Å². The molecule has 86 valence electrons. The van der Waals surface area contributed by atoms with Crippen molar-refractivity contribution in [1.29, 1.82) is 0 Å². The summed E-state index contributed by atoms with van der Waals surface area (Å²) in [5.74, 6) is -1.55. The van der Waals surface area contributed by atoms with Gasteiger partial charge >= 0.3 is 5.97 Å². The summed E-state index contributed by atoms with van der Waals surface area (Å²) in [7, 11) is 0. The SMILES string of the molecule is O=C(O)CNC(=O)CNC(=O)CCCCl. The predicted molar refractivity (Wildman–Crippen MR) is 53.6 cm³/mol. The molecule has 0 atom stereocenters. The fourth-order valence-corrected chi connectivity index (χ4v) is 0.865. The molecule has 0 heterocycles. The standard InChI is InChI=1S/C8H13ClN2O4/c9-3-1-2-6(12)10-4-7(13)11-5-8(14)15/h1-5H2,(H,10,12)(H,11,13)(H,14,15). The van der Waals surface area contributed by atoms with E-state index in [9.17, 15) is 14.4 Å². The summed E-state index contributed by atoms with van der Waals surface area (Å²) in [6.45, 7) is -0.662. The Morgan fingerprint density at radius 1 is 1.07 bits per heavy atom. The van der Waals surface area contributed by atoms with Crippen molar-refractivity contribution in [2.24, 2.45) is 0 Å². The van der Waals surface area contributed by atoms with Gasteiger partial charge in [-0.25, -0.2) is 0 Å². The summed E-state index contributed by atoms with van der Waals surface area (Å²) in [5.41, 5.74) is 0. The maximum atomic E-state index is 11.0. The second-order valence-electron chi connectivity index (χ2n) is 2.74. The molecule has 0 spiro atoms. The van der Waals surface area contributed by atoms with E-state index < -0.39 is 18.4 Å². The fourth-order valence-electron chi connectivity index (χ4n) is 0.731. The number of halogens is 1. The van der Waals surface area contributed by atoms with Crippen LogP contribution in [0.2, 0.25) is 0 Å². The van der Waals surface area contributed by atoms with Crippen LogP contribution in [0.1, 0.15) is 12.8 Å². The lowest BCUT2D eigenvalue weighted by Gasteiger charge is -2.04. The first kappa shape index (κ1) is 13.7. The lowest BCUT2D eigenvalue weighted by atomic mass is 10.3. The van der Waals surface area contributed by atoms with E-state index in [0.29, 0.717) is 12.3 Å². The van der Waals surface area contributed by atoms with Crippen molar-refractivity contribution >= 4 is 29.4 Å². The number of nitrogens with one attached hydrogen (secondary N) is 2. The molecule has 0 rings (SSSR count). The third-order valence-corrected chi connectivity index (χ3v) is 1.69. The van der Waals surface area contributed by atoms with Gasteiger partial charge < -0.3 is 15.7 Å². The van der Waals surface area contributed by atoms with E-state index in [2.05, 4.69) is 10.6 Å². The van der Waals surface area contributed by atoms with Crippen LogP contribution in [0.25, 0.3) is 0 Å². The third-order valence-electron chi connectivity index (χ3n) is 1.42. The van der Waals surface area contributed by atoms with Crippen molar-refractivity contribution in [3.05, 3.63) is 0 Å². The average molecular weight is 237 g/mol. The molecule has 0 unspecified atom stereocenters. The minimum Gasteiger partial charge on any atom is -0.480 e. The number of hydrogen-bond donors (Lipinski definition) is 3. The Kier molecular flexibility index (Phi) is 7.35. The second kappa shape index (κ2) is 8.05. The van der Waals surface area contributed by atoms with Crippen LogP contribution in [0.4, 0.5) is 0 Å². The molecule has 0 aromatic heterocycles. The van der Waals surface area contributed by atoms with E-state index in [1.807, 2.05) is 0 Å². The Labute approximate surface area is 92.0 Å². The molecule has 0 bridgehead atoms. The van der Waals surface area contributed by atoms with Crippen LogP contribution >= 0.6 is 11.6 Å². The van der Waals surface area contributed by atoms with Gasteiger partial charge in [0.25, 0.3) is 0 Å². The van der Waals surface area contributed by atoms with Gasteiger partial charge in [-0.15, -0.1) is 11.6 Å². The number of rotatable bonds is 7. The highest BCUT2D eigenvalue weighted by Crippen LogP contribution is 1.90. The predicted octanol–water partition coefficient (Wildman–Crippen LogP) is -0.678. The lowest BCUT2D eigenvalue weighted by molar-refractivity contribution is -0.137. The summed E-state index contributed by atoms with van der Waals surface area (Å²) in [4.78, 5) is 32.0. The van der Waals surface area contributed by atoms with E-state index in [4.69, 9.17) is 16.7 Å². The molecule has 3 N–H and O–H groups in total. The van der Waals surface area contributed by atoms with Gasteiger partial charge in [-0.2, -0.15) is 0 Å². The average Bonchev–Trinajstić information content (AvgIpc) is 2.20.